The number of halogens is 2. The molecule has 0 saturated carbocycles. The van der Waals surface area contributed by atoms with E-state index in [1.54, 1.807) is 24.5 Å². The van der Waals surface area contributed by atoms with Crippen molar-refractivity contribution in [3.8, 4) is 11.8 Å². The molecule has 3 heterocycles. The first-order valence-corrected chi connectivity index (χ1v) is 9.42. The molecule has 0 N–H and O–H groups in total. The van der Waals surface area contributed by atoms with Crippen LogP contribution in [0.5, 0.6) is 0 Å². The van der Waals surface area contributed by atoms with Gasteiger partial charge in [-0.05, 0) is 50.5 Å². The van der Waals surface area contributed by atoms with Gasteiger partial charge in [0.25, 0.3) is 5.91 Å². The molecule has 1 aromatic heterocycles. The predicted octanol–water partition coefficient (Wildman–Crippen LogP) is 3.98. The number of piperidine rings is 1. The average molecular weight is 398 g/mol. The van der Waals surface area contributed by atoms with Gasteiger partial charge in [-0.3, -0.25) is 9.78 Å². The van der Waals surface area contributed by atoms with Crippen LogP contribution in [0.25, 0.3) is 0 Å². The maximum absolute atomic E-state index is 14.9. The summed E-state index contributed by atoms with van der Waals surface area (Å²) in [5, 5.41) is -0.0234. The number of hydrogen-bond donors (Lipinski definition) is 0. The summed E-state index contributed by atoms with van der Waals surface area (Å²) in [6, 6.07) is 5.06. The molecular formula is C21H17ClFN3O2. The second-order valence-corrected chi connectivity index (χ2v) is 7.35. The van der Waals surface area contributed by atoms with E-state index in [2.05, 4.69) is 16.8 Å². The van der Waals surface area contributed by atoms with Gasteiger partial charge in [0.15, 0.2) is 0 Å². The van der Waals surface area contributed by atoms with Crippen molar-refractivity contribution in [3.63, 3.8) is 0 Å². The number of fused-ring (bicyclic) bond motifs is 1. The molecule has 0 spiro atoms. The molecule has 4 rings (SSSR count). The van der Waals surface area contributed by atoms with E-state index in [-0.39, 0.29) is 16.8 Å². The molecular weight excluding hydrogens is 381 g/mol. The zero-order valence-corrected chi connectivity index (χ0v) is 15.9. The third kappa shape index (κ3) is 3.12. The minimum Gasteiger partial charge on any atom is -0.309 e. The van der Waals surface area contributed by atoms with Crippen molar-refractivity contribution in [2.75, 3.05) is 4.90 Å². The predicted molar refractivity (Wildman–Crippen MR) is 103 cm³/mol. The molecule has 0 aliphatic carbocycles. The van der Waals surface area contributed by atoms with Gasteiger partial charge in [0.1, 0.15) is 17.5 Å². The maximum atomic E-state index is 14.9. The van der Waals surface area contributed by atoms with Crippen LogP contribution in [-0.4, -0.2) is 33.9 Å². The molecule has 142 valence electrons. The molecule has 7 heteroatoms. The smallest absolute Gasteiger partial charge is 0.309 e. The number of nitrogens with zero attached hydrogens (tertiary/aromatic N) is 3. The molecule has 2 aliphatic heterocycles. The van der Waals surface area contributed by atoms with E-state index in [1.165, 1.54) is 17.0 Å². The van der Waals surface area contributed by atoms with Gasteiger partial charge in [-0.1, -0.05) is 23.4 Å². The number of amides is 3. The standard InChI is InChI=1S/C21H17ClFN3O2/c1-13-4-2-6-18-20(27)26(21(28)25(13)18)19-16(22)10-15(11-17(19)23)8-7-14-5-3-9-24-12-14/h3,5,9-13,18H,2,4,6H2,1H3/t13-,18-/m1/s1. The highest BCUT2D eigenvalue weighted by Gasteiger charge is 2.50. The third-order valence-electron chi connectivity index (χ3n) is 5.08. The van der Waals surface area contributed by atoms with Gasteiger partial charge >= 0.3 is 6.03 Å². The Kier molecular flexibility index (Phi) is 4.78. The summed E-state index contributed by atoms with van der Waals surface area (Å²) < 4.78 is 14.9. The number of anilines is 1. The molecule has 2 fully saturated rings. The average Bonchev–Trinajstić information content (AvgIpc) is 2.93. The molecule has 5 nitrogen and oxygen atoms in total. The largest absolute Gasteiger partial charge is 0.332 e. The lowest BCUT2D eigenvalue weighted by Crippen LogP contribution is -2.45. The quantitative estimate of drug-likeness (QED) is 0.540. The fourth-order valence-electron chi connectivity index (χ4n) is 3.75. The van der Waals surface area contributed by atoms with Gasteiger partial charge in [0.2, 0.25) is 0 Å². The van der Waals surface area contributed by atoms with Crippen molar-refractivity contribution >= 4 is 29.2 Å². The van der Waals surface area contributed by atoms with Gasteiger partial charge < -0.3 is 4.90 Å². The zero-order chi connectivity index (χ0) is 19.8. The van der Waals surface area contributed by atoms with Gasteiger partial charge in [-0.15, -0.1) is 0 Å². The molecule has 0 bridgehead atoms. The molecule has 2 aromatic rings. The van der Waals surface area contributed by atoms with Crippen molar-refractivity contribution in [1.29, 1.82) is 0 Å². The summed E-state index contributed by atoms with van der Waals surface area (Å²) in [5.74, 6) is 4.52. The van der Waals surface area contributed by atoms with Gasteiger partial charge in [0, 0.05) is 29.6 Å². The highest BCUT2D eigenvalue weighted by molar-refractivity contribution is 6.36. The summed E-state index contributed by atoms with van der Waals surface area (Å²) in [6.45, 7) is 1.90. The number of imide groups is 1. The first-order chi connectivity index (χ1) is 13.5. The lowest BCUT2D eigenvalue weighted by Gasteiger charge is -2.32. The van der Waals surface area contributed by atoms with Crippen LogP contribution in [0.3, 0.4) is 0 Å². The van der Waals surface area contributed by atoms with Gasteiger partial charge in [0.05, 0.1) is 5.02 Å². The monoisotopic (exact) mass is 397 g/mol. The van der Waals surface area contributed by atoms with Crippen LogP contribution in [-0.2, 0) is 4.79 Å². The van der Waals surface area contributed by atoms with Crippen molar-refractivity contribution in [1.82, 2.24) is 9.88 Å². The van der Waals surface area contributed by atoms with Crippen LogP contribution < -0.4 is 4.90 Å². The molecule has 3 amide bonds. The Morgan fingerprint density at radius 2 is 2.00 bits per heavy atom. The normalized spacial score (nSPS) is 21.4. The van der Waals surface area contributed by atoms with Crippen molar-refractivity contribution in [2.24, 2.45) is 0 Å². The molecule has 0 unspecified atom stereocenters. The van der Waals surface area contributed by atoms with E-state index in [1.807, 2.05) is 6.92 Å². The molecule has 1 aromatic carbocycles. The van der Waals surface area contributed by atoms with Gasteiger partial charge in [-0.2, -0.15) is 0 Å². The highest BCUT2D eigenvalue weighted by atomic mass is 35.5. The van der Waals surface area contributed by atoms with Crippen LogP contribution in [0.2, 0.25) is 5.02 Å². The second-order valence-electron chi connectivity index (χ2n) is 6.94. The number of aromatic nitrogens is 1. The Labute approximate surface area is 167 Å². The molecule has 28 heavy (non-hydrogen) atoms. The van der Waals surface area contributed by atoms with Crippen LogP contribution in [0.15, 0.2) is 36.7 Å². The van der Waals surface area contributed by atoms with Crippen LogP contribution in [0.4, 0.5) is 14.9 Å². The topological polar surface area (TPSA) is 53.5 Å². The maximum Gasteiger partial charge on any atom is 0.332 e. The van der Waals surface area contributed by atoms with E-state index in [4.69, 9.17) is 11.6 Å². The molecule has 0 radical (unpaired) electrons. The van der Waals surface area contributed by atoms with E-state index in [9.17, 15) is 14.0 Å². The van der Waals surface area contributed by atoms with Crippen LogP contribution in [0.1, 0.15) is 37.3 Å². The summed E-state index contributed by atoms with van der Waals surface area (Å²) in [4.78, 5) is 32.0. The summed E-state index contributed by atoms with van der Waals surface area (Å²) in [6.07, 6.45) is 5.49. The number of hydrogen-bond acceptors (Lipinski definition) is 3. The third-order valence-corrected chi connectivity index (χ3v) is 5.37. The van der Waals surface area contributed by atoms with Crippen LogP contribution in [0, 0.1) is 17.7 Å². The van der Waals surface area contributed by atoms with Crippen molar-refractivity contribution < 1.29 is 14.0 Å². The lowest BCUT2D eigenvalue weighted by molar-refractivity contribution is -0.120. The minimum absolute atomic E-state index is 0.0234. The first-order valence-electron chi connectivity index (χ1n) is 9.04. The fraction of sp³-hybridized carbons (Fsp3) is 0.286. The minimum atomic E-state index is -0.753. The summed E-state index contributed by atoms with van der Waals surface area (Å²) >= 11 is 6.28. The van der Waals surface area contributed by atoms with E-state index >= 15 is 0 Å². The number of pyridine rings is 1. The number of carbonyl (C=O) groups excluding carboxylic acids is 2. The molecule has 2 saturated heterocycles. The Morgan fingerprint density at radius 1 is 1.21 bits per heavy atom. The van der Waals surface area contributed by atoms with Gasteiger partial charge in [-0.25, -0.2) is 14.1 Å². The summed E-state index contributed by atoms with van der Waals surface area (Å²) in [7, 11) is 0. The zero-order valence-electron chi connectivity index (χ0n) is 15.2. The Balaban J connectivity index is 1.69. The first kappa shape index (κ1) is 18.5. The number of carbonyl (C=O) groups is 2. The highest BCUT2D eigenvalue weighted by Crippen LogP contribution is 2.38. The van der Waals surface area contributed by atoms with E-state index in [0.29, 0.717) is 17.5 Å². The SMILES string of the molecule is C[C@@H]1CCC[C@@H]2C(=O)N(c3c(F)cc(C#Cc4cccnc4)cc3Cl)C(=O)N12. The van der Waals surface area contributed by atoms with Crippen LogP contribution >= 0.6 is 11.6 Å². The molecule has 2 atom stereocenters. The Morgan fingerprint density at radius 3 is 2.68 bits per heavy atom. The lowest BCUT2D eigenvalue weighted by atomic mass is 9.98. The Hall–Kier alpha value is -2.91. The van der Waals surface area contributed by atoms with Crippen molar-refractivity contribution in [3.05, 3.63) is 58.6 Å². The Bertz CT molecular complexity index is 992. The molecule has 2 aliphatic rings. The second kappa shape index (κ2) is 7.25. The van der Waals surface area contributed by atoms with Crippen molar-refractivity contribution in [2.45, 2.75) is 38.3 Å². The number of benzene rings is 1. The van der Waals surface area contributed by atoms with E-state index in [0.717, 1.165) is 17.7 Å². The number of rotatable bonds is 1. The summed E-state index contributed by atoms with van der Waals surface area (Å²) in [5.41, 5.74) is 0.823. The van der Waals surface area contributed by atoms with E-state index < -0.39 is 23.8 Å². The fourth-order valence-corrected chi connectivity index (χ4v) is 4.05. The number of urea groups is 1.